The van der Waals surface area contributed by atoms with E-state index >= 15 is 0 Å². The number of para-hydroxylation sites is 1. The number of aryl methyl sites for hydroxylation is 1. The van der Waals surface area contributed by atoms with E-state index in [2.05, 4.69) is 23.7 Å². The molecule has 5 nitrogen and oxygen atoms in total. The number of ether oxygens (including phenoxy) is 1. The van der Waals surface area contributed by atoms with Crippen molar-refractivity contribution in [1.82, 2.24) is 4.57 Å². The number of aromatic nitrogens is 1. The van der Waals surface area contributed by atoms with Crippen LogP contribution < -0.4 is 5.32 Å². The Kier molecular flexibility index (Phi) is 5.40. The fourth-order valence-corrected chi connectivity index (χ4v) is 3.50. The van der Waals surface area contributed by atoms with Crippen LogP contribution in [0.15, 0.2) is 30.3 Å². The summed E-state index contributed by atoms with van der Waals surface area (Å²) in [5.41, 5.74) is 4.33. The van der Waals surface area contributed by atoms with E-state index in [1.54, 1.807) is 6.92 Å². The molecule has 1 aromatic carbocycles. The van der Waals surface area contributed by atoms with Crippen molar-refractivity contribution >= 4 is 17.6 Å². The lowest BCUT2D eigenvalue weighted by atomic mass is 10.0. The molecule has 5 heteroatoms. The molecule has 3 rings (SSSR count). The van der Waals surface area contributed by atoms with Crippen LogP contribution >= 0.6 is 0 Å². The molecule has 1 fully saturated rings. The van der Waals surface area contributed by atoms with Crippen LogP contribution in [0.1, 0.15) is 72.9 Å². The van der Waals surface area contributed by atoms with Gasteiger partial charge in [0.2, 0.25) is 0 Å². The summed E-state index contributed by atoms with van der Waals surface area (Å²) in [5, 5.41) is 2.89. The summed E-state index contributed by atoms with van der Waals surface area (Å²) in [5.74, 6) is -0.491. The zero-order chi connectivity index (χ0) is 19.7. The first kappa shape index (κ1) is 19.2. The predicted octanol–water partition coefficient (Wildman–Crippen LogP) is 4.75. The van der Waals surface area contributed by atoms with Gasteiger partial charge < -0.3 is 14.6 Å². The van der Waals surface area contributed by atoms with E-state index in [4.69, 9.17) is 4.74 Å². The van der Waals surface area contributed by atoms with Gasteiger partial charge in [0, 0.05) is 23.1 Å². The highest BCUT2D eigenvalue weighted by atomic mass is 16.5. The number of amides is 1. The summed E-state index contributed by atoms with van der Waals surface area (Å²) >= 11 is 0. The van der Waals surface area contributed by atoms with Crippen LogP contribution in [0.2, 0.25) is 0 Å². The molecule has 1 aliphatic rings. The molecule has 0 bridgehead atoms. The average molecular weight is 368 g/mol. The molecule has 0 unspecified atom stereocenters. The third-order valence-corrected chi connectivity index (χ3v) is 5.11. The van der Waals surface area contributed by atoms with Crippen LogP contribution in [-0.2, 0) is 9.53 Å². The molecule has 0 saturated heterocycles. The Balaban J connectivity index is 1.68. The second-order valence-electron chi connectivity index (χ2n) is 7.66. The molecule has 1 amide bonds. The summed E-state index contributed by atoms with van der Waals surface area (Å²) in [7, 11) is 0. The molecule has 1 saturated carbocycles. The van der Waals surface area contributed by atoms with Gasteiger partial charge in [0.15, 0.2) is 6.10 Å². The second-order valence-corrected chi connectivity index (χ2v) is 7.66. The molecule has 1 aliphatic carbocycles. The van der Waals surface area contributed by atoms with Crippen molar-refractivity contribution in [3.8, 4) is 0 Å². The number of hydrogen-bond acceptors (Lipinski definition) is 3. The van der Waals surface area contributed by atoms with E-state index in [0.717, 1.165) is 35.5 Å². The number of carbonyl (C=O) groups excluding carboxylic acids is 2. The van der Waals surface area contributed by atoms with Gasteiger partial charge in [0.1, 0.15) is 0 Å². The maximum Gasteiger partial charge on any atom is 0.340 e. The summed E-state index contributed by atoms with van der Waals surface area (Å²) in [6.45, 7) is 9.69. The quantitative estimate of drug-likeness (QED) is 0.749. The molecule has 2 aromatic rings. The van der Waals surface area contributed by atoms with Crippen LogP contribution in [0.25, 0.3) is 0 Å². The molecule has 27 heavy (non-hydrogen) atoms. The zero-order valence-corrected chi connectivity index (χ0v) is 16.7. The van der Waals surface area contributed by atoms with Gasteiger partial charge in [-0.2, -0.15) is 0 Å². The minimum Gasteiger partial charge on any atom is -0.449 e. The van der Waals surface area contributed by atoms with Gasteiger partial charge in [0.25, 0.3) is 5.91 Å². The van der Waals surface area contributed by atoms with E-state index in [0.29, 0.717) is 11.6 Å². The van der Waals surface area contributed by atoms with Gasteiger partial charge in [0.05, 0.1) is 5.56 Å². The van der Waals surface area contributed by atoms with Crippen LogP contribution in [-0.4, -0.2) is 22.5 Å². The Morgan fingerprint density at radius 2 is 1.81 bits per heavy atom. The molecule has 0 radical (unpaired) electrons. The summed E-state index contributed by atoms with van der Waals surface area (Å²) in [6, 6.07) is 10.0. The molecule has 1 atom stereocenters. The number of nitrogens with zero attached hydrogens (tertiary/aromatic N) is 1. The summed E-state index contributed by atoms with van der Waals surface area (Å²) in [4.78, 5) is 25.1. The van der Waals surface area contributed by atoms with Gasteiger partial charge >= 0.3 is 5.97 Å². The van der Waals surface area contributed by atoms with E-state index in [1.807, 2.05) is 44.2 Å². The molecule has 0 aliphatic heterocycles. The molecular weight excluding hydrogens is 340 g/mol. The molecule has 144 valence electrons. The fraction of sp³-hybridized carbons (Fsp3) is 0.455. The molecule has 0 spiro atoms. The van der Waals surface area contributed by atoms with Gasteiger partial charge in [-0.25, -0.2) is 4.79 Å². The van der Waals surface area contributed by atoms with Crippen molar-refractivity contribution in [3.63, 3.8) is 0 Å². The Morgan fingerprint density at radius 1 is 1.15 bits per heavy atom. The first-order chi connectivity index (χ1) is 12.8. The number of anilines is 1. The second kappa shape index (κ2) is 7.59. The van der Waals surface area contributed by atoms with Crippen molar-refractivity contribution in [1.29, 1.82) is 0 Å². The van der Waals surface area contributed by atoms with Gasteiger partial charge in [-0.3, -0.25) is 4.79 Å². The zero-order valence-electron chi connectivity index (χ0n) is 16.7. The van der Waals surface area contributed by atoms with Crippen LogP contribution in [0, 0.1) is 13.8 Å². The van der Waals surface area contributed by atoms with Gasteiger partial charge in [-0.1, -0.05) is 32.0 Å². The van der Waals surface area contributed by atoms with Crippen molar-refractivity contribution in [3.05, 3.63) is 52.8 Å². The minimum absolute atomic E-state index is 0.284. The van der Waals surface area contributed by atoms with E-state index in [1.165, 1.54) is 0 Å². The fourth-order valence-electron chi connectivity index (χ4n) is 3.50. The number of carbonyl (C=O) groups is 2. The van der Waals surface area contributed by atoms with E-state index in [-0.39, 0.29) is 11.8 Å². The lowest BCUT2D eigenvalue weighted by molar-refractivity contribution is -0.123. The SMILES string of the molecule is Cc1cc(C(=O)O[C@@H](C)C(=O)Nc2ccccc2C(C)C)c(C)n1C1CC1. The standard InChI is InChI=1S/C22H28N2O3/c1-13(2)18-8-6-7-9-20(18)23-21(25)16(5)27-22(26)19-12-14(3)24(15(19)4)17-10-11-17/h6-9,12-13,16-17H,10-11H2,1-5H3,(H,23,25)/t16-/m0/s1. The van der Waals surface area contributed by atoms with E-state index < -0.39 is 12.1 Å². The largest absolute Gasteiger partial charge is 0.449 e. The Morgan fingerprint density at radius 3 is 2.44 bits per heavy atom. The monoisotopic (exact) mass is 368 g/mol. The minimum atomic E-state index is -0.873. The summed E-state index contributed by atoms with van der Waals surface area (Å²) in [6.07, 6.45) is 1.43. The van der Waals surface area contributed by atoms with Crippen molar-refractivity contribution in [2.24, 2.45) is 0 Å². The number of nitrogens with one attached hydrogen (secondary N) is 1. The van der Waals surface area contributed by atoms with Crippen LogP contribution in [0.4, 0.5) is 5.69 Å². The van der Waals surface area contributed by atoms with Crippen LogP contribution in [0.5, 0.6) is 0 Å². The average Bonchev–Trinajstić information content (AvgIpc) is 3.40. The lowest BCUT2D eigenvalue weighted by Crippen LogP contribution is -2.30. The number of hydrogen-bond donors (Lipinski definition) is 1. The smallest absolute Gasteiger partial charge is 0.340 e. The van der Waals surface area contributed by atoms with Crippen molar-refractivity contribution in [2.45, 2.75) is 65.5 Å². The molecular formula is C22H28N2O3. The Labute approximate surface area is 160 Å². The number of benzene rings is 1. The normalized spacial score (nSPS) is 14.9. The highest BCUT2D eigenvalue weighted by molar-refractivity contribution is 5.98. The topological polar surface area (TPSA) is 60.3 Å². The lowest BCUT2D eigenvalue weighted by Gasteiger charge is -2.17. The highest BCUT2D eigenvalue weighted by Gasteiger charge is 2.29. The third kappa shape index (κ3) is 4.07. The van der Waals surface area contributed by atoms with Crippen molar-refractivity contribution < 1.29 is 14.3 Å². The summed E-state index contributed by atoms with van der Waals surface area (Å²) < 4.78 is 7.65. The highest BCUT2D eigenvalue weighted by Crippen LogP contribution is 2.38. The molecule has 1 heterocycles. The van der Waals surface area contributed by atoms with Crippen LogP contribution in [0.3, 0.4) is 0 Å². The third-order valence-electron chi connectivity index (χ3n) is 5.11. The number of rotatable bonds is 6. The molecule has 1 N–H and O–H groups in total. The maximum absolute atomic E-state index is 12.6. The molecule has 1 aromatic heterocycles. The van der Waals surface area contributed by atoms with Gasteiger partial charge in [-0.05, 0) is 57.2 Å². The Bertz CT molecular complexity index is 862. The first-order valence-corrected chi connectivity index (χ1v) is 9.58. The van der Waals surface area contributed by atoms with Gasteiger partial charge in [-0.15, -0.1) is 0 Å². The number of esters is 1. The van der Waals surface area contributed by atoms with E-state index in [9.17, 15) is 9.59 Å². The predicted molar refractivity (Wildman–Crippen MR) is 106 cm³/mol. The van der Waals surface area contributed by atoms with Crippen molar-refractivity contribution in [2.75, 3.05) is 5.32 Å². The Hall–Kier alpha value is -2.56. The maximum atomic E-state index is 12.6. The first-order valence-electron chi connectivity index (χ1n) is 9.58.